The van der Waals surface area contributed by atoms with Crippen LogP contribution in [0.4, 0.5) is 8.78 Å². The summed E-state index contributed by atoms with van der Waals surface area (Å²) in [4.78, 5) is 19.0. The molecule has 202 valence electrons. The third-order valence-corrected chi connectivity index (χ3v) is 7.21. The summed E-state index contributed by atoms with van der Waals surface area (Å²) in [5, 5.41) is 9.69. The average molecular weight is 542 g/mol. The minimum atomic E-state index is -1.19. The summed E-state index contributed by atoms with van der Waals surface area (Å²) in [6, 6.07) is 11.6. The molecule has 3 aromatic heterocycles. The van der Waals surface area contributed by atoms with Gasteiger partial charge >= 0.3 is 6.01 Å². The van der Waals surface area contributed by atoms with E-state index in [2.05, 4.69) is 26.0 Å². The normalized spacial score (nSPS) is 17.7. The second kappa shape index (κ2) is 10.5. The van der Waals surface area contributed by atoms with Crippen molar-refractivity contribution in [1.29, 1.82) is 5.26 Å². The van der Waals surface area contributed by atoms with Crippen LogP contribution in [-0.4, -0.2) is 62.3 Å². The molecule has 0 N–H and O–H groups in total. The summed E-state index contributed by atoms with van der Waals surface area (Å²) >= 11 is 0. The number of methoxy groups -OCH3 is 1. The van der Waals surface area contributed by atoms with Gasteiger partial charge in [0.05, 0.1) is 43.0 Å². The van der Waals surface area contributed by atoms with Crippen LogP contribution in [0.1, 0.15) is 18.3 Å². The Labute approximate surface area is 228 Å². The van der Waals surface area contributed by atoms with Gasteiger partial charge in [-0.15, -0.1) is 0 Å². The number of piperidine rings is 1. The van der Waals surface area contributed by atoms with Crippen molar-refractivity contribution < 1.29 is 18.3 Å². The standard InChI is InChI=1S/C29H25F2N7O2/c1-17-36-25-15-35-24-14-22(30)20(19-5-4-18(12-27(19)39-2)40-29-33-8-3-9-34-29)13-21(24)28(25)38(17)26-6-10-37(11-7-32)16-23(26)31/h3-5,8-9,12-15,23,26H,6,10-11,16H2,1-2H3/t23-,26-/m1/s1. The molecule has 2 aromatic carbocycles. The number of alkyl halides is 1. The first kappa shape index (κ1) is 25.6. The number of hydrogen-bond acceptors (Lipinski definition) is 8. The van der Waals surface area contributed by atoms with E-state index in [0.717, 1.165) is 0 Å². The molecule has 5 aromatic rings. The van der Waals surface area contributed by atoms with Crippen molar-refractivity contribution in [3.05, 3.63) is 66.6 Å². The number of hydrogen-bond donors (Lipinski definition) is 0. The van der Waals surface area contributed by atoms with E-state index in [0.29, 0.717) is 63.4 Å². The molecule has 6 rings (SSSR count). The molecule has 0 bridgehead atoms. The molecule has 2 atom stereocenters. The molecule has 1 aliphatic rings. The second-order valence-electron chi connectivity index (χ2n) is 9.63. The van der Waals surface area contributed by atoms with Crippen LogP contribution in [0.5, 0.6) is 17.5 Å². The maximum absolute atomic E-state index is 15.5. The molecule has 0 unspecified atom stereocenters. The van der Waals surface area contributed by atoms with Crippen LogP contribution >= 0.6 is 0 Å². The minimum absolute atomic E-state index is 0.167. The first-order valence-corrected chi connectivity index (χ1v) is 12.8. The van der Waals surface area contributed by atoms with Gasteiger partial charge < -0.3 is 14.0 Å². The zero-order chi connectivity index (χ0) is 27.8. The molecular weight excluding hydrogens is 516 g/mol. The summed E-state index contributed by atoms with van der Waals surface area (Å²) in [6.07, 6.45) is 4.06. The SMILES string of the molecule is COc1cc(Oc2ncccn2)ccc1-c1cc2c(cc1F)ncc1nc(C)n([C@@H]3CCN(CC#N)C[C@H]3F)c12. The largest absolute Gasteiger partial charge is 0.496 e. The number of rotatable bonds is 6. The van der Waals surface area contributed by atoms with Gasteiger partial charge in [-0.25, -0.2) is 23.7 Å². The maximum atomic E-state index is 15.5. The third kappa shape index (κ3) is 4.56. The van der Waals surface area contributed by atoms with Gasteiger partial charge in [-0.1, -0.05) is 0 Å². The number of nitrogens with zero attached hydrogens (tertiary/aromatic N) is 7. The second-order valence-corrected chi connectivity index (χ2v) is 9.63. The lowest BCUT2D eigenvalue weighted by Crippen LogP contribution is -2.43. The number of aryl methyl sites for hydroxylation is 1. The molecule has 0 saturated carbocycles. The van der Waals surface area contributed by atoms with Gasteiger partial charge in [0.2, 0.25) is 0 Å². The lowest BCUT2D eigenvalue weighted by Gasteiger charge is -2.35. The summed E-state index contributed by atoms with van der Waals surface area (Å²) in [6.45, 7) is 2.79. The van der Waals surface area contributed by atoms with E-state index < -0.39 is 18.0 Å². The molecule has 1 saturated heterocycles. The van der Waals surface area contributed by atoms with Gasteiger partial charge in [0.1, 0.15) is 34.8 Å². The molecular formula is C29H25F2N7O2. The Balaban J connectivity index is 1.45. The molecule has 4 heterocycles. The van der Waals surface area contributed by atoms with Crippen molar-refractivity contribution in [1.82, 2.24) is 29.4 Å². The Morgan fingerprint density at radius 2 is 1.93 bits per heavy atom. The zero-order valence-electron chi connectivity index (χ0n) is 21.9. The number of ether oxygens (including phenoxy) is 2. The highest BCUT2D eigenvalue weighted by Gasteiger charge is 2.33. The quantitative estimate of drug-likeness (QED) is 0.264. The van der Waals surface area contributed by atoms with Crippen LogP contribution in [0, 0.1) is 24.1 Å². The number of halogens is 2. The molecule has 0 spiro atoms. The van der Waals surface area contributed by atoms with Gasteiger partial charge in [-0.05, 0) is 37.6 Å². The number of fused-ring (bicyclic) bond motifs is 3. The van der Waals surface area contributed by atoms with Crippen LogP contribution in [0.3, 0.4) is 0 Å². The number of aromatic nitrogens is 5. The van der Waals surface area contributed by atoms with Crippen molar-refractivity contribution in [2.45, 2.75) is 25.6 Å². The molecule has 40 heavy (non-hydrogen) atoms. The van der Waals surface area contributed by atoms with E-state index in [-0.39, 0.29) is 19.1 Å². The fourth-order valence-corrected chi connectivity index (χ4v) is 5.42. The highest BCUT2D eigenvalue weighted by Crippen LogP contribution is 2.39. The topological polar surface area (TPSA) is 102 Å². The van der Waals surface area contributed by atoms with Crippen molar-refractivity contribution >= 4 is 21.9 Å². The van der Waals surface area contributed by atoms with E-state index in [9.17, 15) is 0 Å². The smallest absolute Gasteiger partial charge is 0.321 e. The predicted molar refractivity (Wildman–Crippen MR) is 144 cm³/mol. The molecule has 1 aliphatic heterocycles. The van der Waals surface area contributed by atoms with E-state index in [1.807, 2.05) is 16.4 Å². The first-order valence-electron chi connectivity index (χ1n) is 12.8. The van der Waals surface area contributed by atoms with Gasteiger partial charge in [-0.3, -0.25) is 9.88 Å². The van der Waals surface area contributed by atoms with Crippen LogP contribution in [0.2, 0.25) is 0 Å². The van der Waals surface area contributed by atoms with Crippen LogP contribution in [-0.2, 0) is 0 Å². The lowest BCUT2D eigenvalue weighted by molar-refractivity contribution is 0.0996. The van der Waals surface area contributed by atoms with Crippen molar-refractivity contribution in [2.24, 2.45) is 0 Å². The molecule has 0 aliphatic carbocycles. The number of benzene rings is 2. The van der Waals surface area contributed by atoms with E-state index in [4.69, 9.17) is 14.7 Å². The number of pyridine rings is 1. The van der Waals surface area contributed by atoms with Crippen LogP contribution in [0.25, 0.3) is 33.1 Å². The summed E-state index contributed by atoms with van der Waals surface area (Å²) < 4.78 is 44.2. The van der Waals surface area contributed by atoms with Crippen LogP contribution < -0.4 is 9.47 Å². The maximum Gasteiger partial charge on any atom is 0.321 e. The zero-order valence-corrected chi connectivity index (χ0v) is 21.9. The van der Waals surface area contributed by atoms with Gasteiger partial charge in [-0.2, -0.15) is 5.26 Å². The summed E-state index contributed by atoms with van der Waals surface area (Å²) in [5.41, 5.74) is 2.55. The van der Waals surface area contributed by atoms with E-state index in [1.54, 1.807) is 48.9 Å². The molecule has 9 nitrogen and oxygen atoms in total. The highest BCUT2D eigenvalue weighted by atomic mass is 19.1. The van der Waals surface area contributed by atoms with Crippen molar-refractivity contribution in [3.8, 4) is 34.7 Å². The summed E-state index contributed by atoms with van der Waals surface area (Å²) in [5.74, 6) is 1.00. The summed E-state index contributed by atoms with van der Waals surface area (Å²) in [7, 11) is 1.50. The Bertz CT molecular complexity index is 1750. The van der Waals surface area contributed by atoms with Gasteiger partial charge in [0.25, 0.3) is 0 Å². The molecule has 0 radical (unpaired) electrons. The van der Waals surface area contributed by atoms with Crippen molar-refractivity contribution in [2.75, 3.05) is 26.7 Å². The van der Waals surface area contributed by atoms with Gasteiger partial charge in [0, 0.05) is 54.1 Å². The Morgan fingerprint density at radius 3 is 2.67 bits per heavy atom. The molecule has 1 fully saturated rings. The molecule has 11 heteroatoms. The average Bonchev–Trinajstić information content (AvgIpc) is 3.29. The van der Waals surface area contributed by atoms with E-state index in [1.165, 1.54) is 13.2 Å². The fraction of sp³-hybridized carbons (Fsp3) is 0.276. The highest BCUT2D eigenvalue weighted by molar-refractivity contribution is 6.04. The molecule has 0 amide bonds. The van der Waals surface area contributed by atoms with Gasteiger partial charge in [0.15, 0.2) is 0 Å². The minimum Gasteiger partial charge on any atom is -0.496 e. The predicted octanol–water partition coefficient (Wildman–Crippen LogP) is 5.40. The monoisotopic (exact) mass is 541 g/mol. The number of nitriles is 1. The van der Waals surface area contributed by atoms with E-state index >= 15 is 8.78 Å². The van der Waals surface area contributed by atoms with Crippen LogP contribution in [0.15, 0.2) is 55.0 Å². The first-order chi connectivity index (χ1) is 19.5. The Hall–Kier alpha value is -4.69. The van der Waals surface area contributed by atoms with Crippen molar-refractivity contribution in [3.63, 3.8) is 0 Å². The number of imidazole rings is 1. The third-order valence-electron chi connectivity index (χ3n) is 7.21. The Morgan fingerprint density at radius 1 is 1.10 bits per heavy atom. The Kier molecular flexibility index (Phi) is 6.69. The fourth-order valence-electron chi connectivity index (χ4n) is 5.42. The lowest BCUT2D eigenvalue weighted by atomic mass is 9.99. The number of likely N-dealkylation sites (tertiary alicyclic amines) is 1.